The van der Waals surface area contributed by atoms with Crippen LogP contribution in [0.25, 0.3) is 22.0 Å². The van der Waals surface area contributed by atoms with Gasteiger partial charge in [0, 0.05) is 58.9 Å². The third kappa shape index (κ3) is 6.08. The van der Waals surface area contributed by atoms with E-state index in [1.165, 1.54) is 31.0 Å². The van der Waals surface area contributed by atoms with Crippen LogP contribution < -0.4 is 15.6 Å². The van der Waals surface area contributed by atoms with Gasteiger partial charge in [-0.25, -0.2) is 4.79 Å². The van der Waals surface area contributed by atoms with Gasteiger partial charge in [0.05, 0.1) is 19.9 Å². The number of aldehydes is 1. The number of aromatic nitrogens is 2. The van der Waals surface area contributed by atoms with Crippen LogP contribution in [0.4, 0.5) is 5.69 Å². The molecule has 10 nitrogen and oxygen atoms in total. The van der Waals surface area contributed by atoms with Crippen molar-refractivity contribution in [1.82, 2.24) is 9.55 Å². The SMILES string of the molecule is CCOC(=O)c1cc2cc(NC(=O)C(CCOC)n3cc(OC)c(-c4cc(Cl)ccc4C=O)cc3=O)ccc2[nH]1. The van der Waals surface area contributed by atoms with Crippen LogP contribution in [-0.2, 0) is 14.3 Å². The minimum atomic E-state index is -0.947. The maximum Gasteiger partial charge on any atom is 0.354 e. The molecule has 1 unspecified atom stereocenters. The second-order valence-corrected chi connectivity index (χ2v) is 9.28. The molecule has 2 aromatic carbocycles. The molecule has 0 saturated heterocycles. The Morgan fingerprint density at radius 3 is 2.60 bits per heavy atom. The first-order valence-electron chi connectivity index (χ1n) is 12.4. The van der Waals surface area contributed by atoms with Crippen LogP contribution in [0.5, 0.6) is 5.75 Å². The van der Waals surface area contributed by atoms with Gasteiger partial charge in [-0.3, -0.25) is 19.0 Å². The molecule has 0 aliphatic carbocycles. The van der Waals surface area contributed by atoms with Crippen molar-refractivity contribution >= 4 is 46.4 Å². The van der Waals surface area contributed by atoms with E-state index in [2.05, 4.69) is 10.3 Å². The van der Waals surface area contributed by atoms with Gasteiger partial charge in [0.15, 0.2) is 6.29 Å². The minimum absolute atomic E-state index is 0.195. The fourth-order valence-corrected chi connectivity index (χ4v) is 4.56. The Labute approximate surface area is 234 Å². The van der Waals surface area contributed by atoms with E-state index in [1.54, 1.807) is 49.4 Å². The number of nitrogens with one attached hydrogen (secondary N) is 2. The summed E-state index contributed by atoms with van der Waals surface area (Å²) in [5.74, 6) is -0.648. The van der Waals surface area contributed by atoms with Crippen molar-refractivity contribution in [2.45, 2.75) is 19.4 Å². The molecular formula is C29H28ClN3O7. The van der Waals surface area contributed by atoms with Gasteiger partial charge in [-0.05, 0) is 55.0 Å². The first-order chi connectivity index (χ1) is 19.3. The van der Waals surface area contributed by atoms with Crippen molar-refractivity contribution < 1.29 is 28.6 Å². The molecule has 2 N–H and O–H groups in total. The lowest BCUT2D eigenvalue weighted by molar-refractivity contribution is -0.119. The normalized spacial score (nSPS) is 11.7. The zero-order chi connectivity index (χ0) is 28.8. The molecule has 0 radical (unpaired) electrons. The summed E-state index contributed by atoms with van der Waals surface area (Å²) in [7, 11) is 2.93. The van der Waals surface area contributed by atoms with Gasteiger partial charge < -0.3 is 24.5 Å². The van der Waals surface area contributed by atoms with Gasteiger partial charge in [0.25, 0.3) is 5.56 Å². The average molecular weight is 566 g/mol. The van der Waals surface area contributed by atoms with Crippen LogP contribution in [0.15, 0.2) is 59.5 Å². The number of amides is 1. The number of aromatic amines is 1. The fraction of sp³-hybridized carbons (Fsp3) is 0.241. The molecule has 208 valence electrons. The summed E-state index contributed by atoms with van der Waals surface area (Å²) < 4.78 is 17.1. The smallest absolute Gasteiger partial charge is 0.354 e. The number of hydrogen-bond acceptors (Lipinski definition) is 7. The van der Waals surface area contributed by atoms with E-state index in [-0.39, 0.29) is 25.4 Å². The van der Waals surface area contributed by atoms with Gasteiger partial charge in [0.1, 0.15) is 17.5 Å². The molecule has 40 heavy (non-hydrogen) atoms. The fourth-order valence-electron chi connectivity index (χ4n) is 4.39. The van der Waals surface area contributed by atoms with E-state index in [0.29, 0.717) is 50.3 Å². The molecule has 0 saturated carbocycles. The predicted molar refractivity (Wildman–Crippen MR) is 152 cm³/mol. The third-order valence-corrected chi connectivity index (χ3v) is 6.55. The minimum Gasteiger partial charge on any atom is -0.495 e. The first kappa shape index (κ1) is 28.6. The number of pyridine rings is 1. The highest BCUT2D eigenvalue weighted by Gasteiger charge is 2.24. The molecule has 0 fully saturated rings. The molecule has 2 aromatic heterocycles. The van der Waals surface area contributed by atoms with E-state index < -0.39 is 23.5 Å². The number of esters is 1. The van der Waals surface area contributed by atoms with Crippen molar-refractivity contribution in [3.63, 3.8) is 0 Å². The predicted octanol–water partition coefficient (Wildman–Crippen LogP) is 4.86. The van der Waals surface area contributed by atoms with Crippen LogP contribution in [0.2, 0.25) is 5.02 Å². The van der Waals surface area contributed by atoms with Gasteiger partial charge in [0.2, 0.25) is 5.91 Å². The number of anilines is 1. The Kier molecular flexibility index (Phi) is 9.03. The molecule has 1 atom stereocenters. The van der Waals surface area contributed by atoms with Crippen molar-refractivity contribution in [2.24, 2.45) is 0 Å². The number of carbonyl (C=O) groups is 3. The van der Waals surface area contributed by atoms with Gasteiger partial charge in [-0.1, -0.05) is 11.6 Å². The molecule has 11 heteroatoms. The maximum absolute atomic E-state index is 13.5. The Morgan fingerprint density at radius 2 is 1.90 bits per heavy atom. The summed E-state index contributed by atoms with van der Waals surface area (Å²) in [6.07, 6.45) is 2.30. The number of fused-ring (bicyclic) bond motifs is 1. The zero-order valence-corrected chi connectivity index (χ0v) is 22.9. The van der Waals surface area contributed by atoms with Crippen molar-refractivity contribution in [2.75, 3.05) is 32.8 Å². The summed E-state index contributed by atoms with van der Waals surface area (Å²) in [5.41, 5.74) is 2.13. The topological polar surface area (TPSA) is 129 Å². The lowest BCUT2D eigenvalue weighted by atomic mass is 10.00. The number of carbonyl (C=O) groups excluding carboxylic acids is 3. The quantitative estimate of drug-likeness (QED) is 0.196. The Bertz CT molecular complexity index is 1630. The number of rotatable bonds is 11. The van der Waals surface area contributed by atoms with E-state index in [9.17, 15) is 19.2 Å². The Morgan fingerprint density at radius 1 is 1.10 bits per heavy atom. The van der Waals surface area contributed by atoms with E-state index in [0.717, 1.165) is 0 Å². The third-order valence-electron chi connectivity index (χ3n) is 6.31. The van der Waals surface area contributed by atoms with Crippen LogP contribution in [-0.4, -0.2) is 55.1 Å². The summed E-state index contributed by atoms with van der Waals surface area (Å²) in [4.78, 5) is 53.5. The molecule has 0 aliphatic heterocycles. The highest BCUT2D eigenvalue weighted by molar-refractivity contribution is 6.31. The molecule has 0 spiro atoms. The molecule has 2 heterocycles. The summed E-state index contributed by atoms with van der Waals surface area (Å²) >= 11 is 6.15. The maximum atomic E-state index is 13.5. The summed E-state index contributed by atoms with van der Waals surface area (Å²) in [6, 6.07) is 11.9. The number of methoxy groups -OCH3 is 2. The van der Waals surface area contributed by atoms with Crippen molar-refractivity contribution in [1.29, 1.82) is 0 Å². The number of H-pyrrole nitrogens is 1. The average Bonchev–Trinajstić information content (AvgIpc) is 3.37. The Balaban J connectivity index is 1.68. The van der Waals surface area contributed by atoms with E-state index >= 15 is 0 Å². The number of ether oxygens (including phenoxy) is 3. The number of nitrogens with zero attached hydrogens (tertiary/aromatic N) is 1. The van der Waals surface area contributed by atoms with Gasteiger partial charge >= 0.3 is 5.97 Å². The van der Waals surface area contributed by atoms with Crippen molar-refractivity contribution in [3.05, 3.63) is 81.4 Å². The second-order valence-electron chi connectivity index (χ2n) is 8.84. The number of benzene rings is 2. The molecule has 1 amide bonds. The van der Waals surface area contributed by atoms with Crippen LogP contribution in [0.1, 0.15) is 40.2 Å². The zero-order valence-electron chi connectivity index (χ0n) is 22.2. The standard InChI is InChI=1S/C29H28ClN3O7/c1-4-40-29(37)24-12-18-11-20(7-8-23(18)32-24)31-28(36)25(9-10-38-2)33-15-26(39-3)22(14-27(33)35)21-13-19(30)6-5-17(21)16-34/h5-8,11-16,25,32H,4,9-10H2,1-3H3,(H,31,36). The lowest BCUT2D eigenvalue weighted by Gasteiger charge is -2.21. The molecule has 0 aliphatic rings. The van der Waals surface area contributed by atoms with E-state index in [4.69, 9.17) is 25.8 Å². The largest absolute Gasteiger partial charge is 0.495 e. The molecule has 4 aromatic rings. The van der Waals surface area contributed by atoms with E-state index in [1.807, 2.05) is 0 Å². The van der Waals surface area contributed by atoms with Gasteiger partial charge in [-0.15, -0.1) is 0 Å². The highest BCUT2D eigenvalue weighted by Crippen LogP contribution is 2.33. The van der Waals surface area contributed by atoms with Gasteiger partial charge in [-0.2, -0.15) is 0 Å². The Hall–Kier alpha value is -4.41. The van der Waals surface area contributed by atoms with Crippen LogP contribution >= 0.6 is 11.6 Å². The highest BCUT2D eigenvalue weighted by atomic mass is 35.5. The monoisotopic (exact) mass is 565 g/mol. The van der Waals surface area contributed by atoms with Crippen LogP contribution in [0, 0.1) is 0 Å². The number of hydrogen-bond donors (Lipinski definition) is 2. The second kappa shape index (κ2) is 12.6. The first-order valence-corrected chi connectivity index (χ1v) is 12.8. The summed E-state index contributed by atoms with van der Waals surface area (Å²) in [6.45, 7) is 2.18. The molecule has 0 bridgehead atoms. The van der Waals surface area contributed by atoms with Crippen LogP contribution in [0.3, 0.4) is 0 Å². The summed E-state index contributed by atoms with van der Waals surface area (Å²) in [5, 5.41) is 3.94. The number of halogens is 1. The molecule has 4 rings (SSSR count). The lowest BCUT2D eigenvalue weighted by Crippen LogP contribution is -2.34. The van der Waals surface area contributed by atoms with Crippen molar-refractivity contribution in [3.8, 4) is 16.9 Å². The molecular weight excluding hydrogens is 538 g/mol.